The lowest BCUT2D eigenvalue weighted by Gasteiger charge is -2.13. The fraction of sp³-hybridized carbons (Fsp3) is 0.286. The molecule has 1 heterocycles. The zero-order valence-electron chi connectivity index (χ0n) is 11.1. The Bertz CT molecular complexity index is 599. The first-order chi connectivity index (χ1) is 8.99. The van der Waals surface area contributed by atoms with E-state index >= 15 is 0 Å². The highest BCUT2D eigenvalue weighted by molar-refractivity contribution is 6.32. The third-order valence-electron chi connectivity index (χ3n) is 2.65. The normalized spacial score (nSPS) is 10.8. The van der Waals surface area contributed by atoms with Gasteiger partial charge in [-0.2, -0.15) is 0 Å². The van der Waals surface area contributed by atoms with Crippen molar-refractivity contribution in [3.63, 3.8) is 0 Å². The highest BCUT2D eigenvalue weighted by Gasteiger charge is 2.10. The largest absolute Gasteiger partial charge is 0.489 e. The van der Waals surface area contributed by atoms with E-state index < -0.39 is 0 Å². The molecule has 5 heteroatoms. The minimum Gasteiger partial charge on any atom is -0.489 e. The molecular formula is C14H16ClN3O. The van der Waals surface area contributed by atoms with Crippen LogP contribution >= 0.6 is 11.6 Å². The van der Waals surface area contributed by atoms with Gasteiger partial charge in [0, 0.05) is 5.56 Å². The third-order valence-corrected chi connectivity index (χ3v) is 2.95. The van der Waals surface area contributed by atoms with Crippen LogP contribution in [0.5, 0.6) is 5.75 Å². The van der Waals surface area contributed by atoms with E-state index in [2.05, 4.69) is 9.97 Å². The molecule has 0 saturated carbocycles. The molecule has 0 amide bonds. The van der Waals surface area contributed by atoms with Crippen LogP contribution in [0.3, 0.4) is 0 Å². The van der Waals surface area contributed by atoms with Gasteiger partial charge in [-0.1, -0.05) is 11.6 Å². The Kier molecular flexibility index (Phi) is 3.90. The Morgan fingerprint density at radius 2 is 2.00 bits per heavy atom. The molecule has 0 atom stereocenters. The zero-order chi connectivity index (χ0) is 14.0. The molecule has 0 radical (unpaired) electrons. The number of hydrogen-bond donors (Lipinski definition) is 1. The van der Waals surface area contributed by atoms with Crippen LogP contribution < -0.4 is 10.5 Å². The van der Waals surface area contributed by atoms with Crippen LogP contribution in [-0.2, 0) is 0 Å². The molecule has 0 bridgehead atoms. The average molecular weight is 278 g/mol. The van der Waals surface area contributed by atoms with E-state index in [9.17, 15) is 0 Å². The van der Waals surface area contributed by atoms with Crippen molar-refractivity contribution in [2.75, 3.05) is 5.73 Å². The van der Waals surface area contributed by atoms with Crippen LogP contribution in [0.25, 0.3) is 11.3 Å². The number of hydrogen-bond acceptors (Lipinski definition) is 4. The van der Waals surface area contributed by atoms with Crippen LogP contribution in [-0.4, -0.2) is 16.1 Å². The lowest BCUT2D eigenvalue weighted by molar-refractivity contribution is 0.242. The molecule has 4 nitrogen and oxygen atoms in total. The highest BCUT2D eigenvalue weighted by Crippen LogP contribution is 2.32. The van der Waals surface area contributed by atoms with Gasteiger partial charge in [-0.25, -0.2) is 9.97 Å². The molecule has 1 aromatic carbocycles. The minimum absolute atomic E-state index is 0.0784. The number of rotatable bonds is 3. The van der Waals surface area contributed by atoms with Gasteiger partial charge in [0.25, 0.3) is 0 Å². The standard InChI is InChI=1S/C14H16ClN3O/c1-8(2)19-12-5-4-10(6-11(12)15)14-13(16)9(3)17-7-18-14/h4-8H,16H2,1-3H3. The highest BCUT2D eigenvalue weighted by atomic mass is 35.5. The van der Waals surface area contributed by atoms with E-state index in [0.29, 0.717) is 22.2 Å². The SMILES string of the molecule is Cc1ncnc(-c2ccc(OC(C)C)c(Cl)c2)c1N. The first kappa shape index (κ1) is 13.6. The van der Waals surface area contributed by atoms with Gasteiger partial charge in [-0.05, 0) is 39.0 Å². The minimum atomic E-state index is 0.0784. The summed E-state index contributed by atoms with van der Waals surface area (Å²) in [6.07, 6.45) is 1.57. The summed E-state index contributed by atoms with van der Waals surface area (Å²) in [7, 11) is 0. The molecule has 0 saturated heterocycles. The van der Waals surface area contributed by atoms with Crippen molar-refractivity contribution in [1.29, 1.82) is 0 Å². The van der Waals surface area contributed by atoms with Gasteiger partial charge >= 0.3 is 0 Å². The molecule has 0 unspecified atom stereocenters. The Morgan fingerprint density at radius 1 is 1.26 bits per heavy atom. The number of nitrogens with two attached hydrogens (primary N) is 1. The van der Waals surface area contributed by atoms with Crippen LogP contribution in [0.1, 0.15) is 19.5 Å². The van der Waals surface area contributed by atoms with E-state index in [1.54, 1.807) is 6.07 Å². The lowest BCUT2D eigenvalue weighted by Crippen LogP contribution is -2.06. The smallest absolute Gasteiger partial charge is 0.138 e. The van der Waals surface area contributed by atoms with Crippen molar-refractivity contribution in [1.82, 2.24) is 9.97 Å². The summed E-state index contributed by atoms with van der Waals surface area (Å²) in [6, 6.07) is 5.52. The maximum atomic E-state index is 6.21. The molecular weight excluding hydrogens is 262 g/mol. The second-order valence-electron chi connectivity index (χ2n) is 4.53. The molecule has 0 aliphatic carbocycles. The van der Waals surface area contributed by atoms with Crippen molar-refractivity contribution in [2.45, 2.75) is 26.9 Å². The van der Waals surface area contributed by atoms with Gasteiger partial charge < -0.3 is 10.5 Å². The average Bonchev–Trinajstić information content (AvgIpc) is 2.35. The summed E-state index contributed by atoms with van der Waals surface area (Å²) in [5.41, 5.74) is 8.84. The maximum Gasteiger partial charge on any atom is 0.138 e. The fourth-order valence-electron chi connectivity index (χ4n) is 1.71. The van der Waals surface area contributed by atoms with Gasteiger partial charge in [0.2, 0.25) is 0 Å². The van der Waals surface area contributed by atoms with Gasteiger partial charge in [-0.15, -0.1) is 0 Å². The molecule has 1 aromatic heterocycles. The molecule has 0 spiro atoms. The zero-order valence-corrected chi connectivity index (χ0v) is 11.9. The number of nitrogen functional groups attached to an aromatic ring is 1. The summed E-state index contributed by atoms with van der Waals surface area (Å²) in [5, 5.41) is 0.543. The van der Waals surface area contributed by atoms with Crippen LogP contribution in [0, 0.1) is 6.92 Å². The Hall–Kier alpha value is -1.81. The number of nitrogens with zero attached hydrogens (tertiary/aromatic N) is 2. The molecule has 2 aromatic rings. The number of anilines is 1. The van der Waals surface area contributed by atoms with Crippen molar-refractivity contribution < 1.29 is 4.74 Å². The molecule has 100 valence electrons. The summed E-state index contributed by atoms with van der Waals surface area (Å²) >= 11 is 6.21. The molecule has 0 aliphatic heterocycles. The van der Waals surface area contributed by atoms with Gasteiger partial charge in [-0.3, -0.25) is 0 Å². The second-order valence-corrected chi connectivity index (χ2v) is 4.94. The van der Waals surface area contributed by atoms with Gasteiger partial charge in [0.1, 0.15) is 12.1 Å². The summed E-state index contributed by atoms with van der Waals surface area (Å²) in [6.45, 7) is 5.75. The molecule has 2 rings (SSSR count). The Morgan fingerprint density at radius 3 is 2.63 bits per heavy atom. The van der Waals surface area contributed by atoms with E-state index in [0.717, 1.165) is 11.3 Å². The first-order valence-corrected chi connectivity index (χ1v) is 6.40. The van der Waals surface area contributed by atoms with E-state index in [-0.39, 0.29) is 6.10 Å². The monoisotopic (exact) mass is 277 g/mol. The Balaban J connectivity index is 2.42. The predicted molar refractivity (Wildman–Crippen MR) is 77.4 cm³/mol. The summed E-state index contributed by atoms with van der Waals surface area (Å²) in [4.78, 5) is 8.26. The maximum absolute atomic E-state index is 6.21. The lowest BCUT2D eigenvalue weighted by atomic mass is 10.1. The predicted octanol–water partition coefficient (Wildman–Crippen LogP) is 3.47. The molecule has 19 heavy (non-hydrogen) atoms. The van der Waals surface area contributed by atoms with Crippen LogP contribution in [0.2, 0.25) is 5.02 Å². The van der Waals surface area contributed by atoms with Crippen LogP contribution in [0.15, 0.2) is 24.5 Å². The Labute approximate surface area is 117 Å². The topological polar surface area (TPSA) is 61.0 Å². The van der Waals surface area contributed by atoms with Crippen molar-refractivity contribution >= 4 is 17.3 Å². The second kappa shape index (κ2) is 5.45. The van der Waals surface area contributed by atoms with Crippen LogP contribution in [0.4, 0.5) is 5.69 Å². The number of halogens is 1. The van der Waals surface area contributed by atoms with Gasteiger partial charge in [0.05, 0.1) is 28.2 Å². The number of aryl methyl sites for hydroxylation is 1. The van der Waals surface area contributed by atoms with E-state index in [1.807, 2.05) is 32.9 Å². The fourth-order valence-corrected chi connectivity index (χ4v) is 1.94. The third kappa shape index (κ3) is 2.96. The van der Waals surface area contributed by atoms with E-state index in [1.165, 1.54) is 6.33 Å². The number of ether oxygens (including phenoxy) is 1. The molecule has 0 aliphatic rings. The summed E-state index contributed by atoms with van der Waals surface area (Å²) in [5.74, 6) is 0.657. The first-order valence-electron chi connectivity index (χ1n) is 6.02. The van der Waals surface area contributed by atoms with Crippen molar-refractivity contribution in [3.05, 3.63) is 35.2 Å². The quantitative estimate of drug-likeness (QED) is 0.933. The number of benzene rings is 1. The molecule has 2 N–H and O–H groups in total. The summed E-state index contributed by atoms with van der Waals surface area (Å²) < 4.78 is 5.59. The van der Waals surface area contributed by atoms with Crippen molar-refractivity contribution in [2.24, 2.45) is 0 Å². The van der Waals surface area contributed by atoms with Crippen molar-refractivity contribution in [3.8, 4) is 17.0 Å². The van der Waals surface area contributed by atoms with Gasteiger partial charge in [0.15, 0.2) is 0 Å². The van der Waals surface area contributed by atoms with E-state index in [4.69, 9.17) is 22.1 Å². The number of aromatic nitrogens is 2. The molecule has 0 fully saturated rings.